The predicted octanol–water partition coefficient (Wildman–Crippen LogP) is 2.37. The molecule has 0 saturated carbocycles. The maximum Gasteiger partial charge on any atom is 0.330 e. The summed E-state index contributed by atoms with van der Waals surface area (Å²) in [5.74, 6) is -0.471. The van der Waals surface area contributed by atoms with E-state index >= 15 is 0 Å². The highest BCUT2D eigenvalue weighted by Crippen LogP contribution is 2.30. The number of aryl methyl sites for hydroxylation is 2. The van der Waals surface area contributed by atoms with Crippen LogP contribution in [-0.2, 0) is 13.6 Å². The number of nitrogens with two attached hydrogens (primary N) is 1. The average Bonchev–Trinajstić information content (AvgIpc) is 3.11. The van der Waals surface area contributed by atoms with Gasteiger partial charge in [-0.1, -0.05) is 33.1 Å². The number of H-pyrrole nitrogens is 1. The first-order chi connectivity index (χ1) is 15.7. The van der Waals surface area contributed by atoms with E-state index in [2.05, 4.69) is 9.97 Å². The Bertz CT molecular complexity index is 1350. The molecule has 11 heteroatoms. The van der Waals surface area contributed by atoms with Crippen molar-refractivity contribution in [1.82, 2.24) is 19.1 Å². The van der Waals surface area contributed by atoms with Crippen LogP contribution in [0.15, 0.2) is 20.7 Å². The highest BCUT2D eigenvalue weighted by atomic mass is 32.1. The van der Waals surface area contributed by atoms with Crippen LogP contribution in [0, 0.1) is 6.92 Å². The average molecular weight is 475 g/mol. The molecule has 0 spiro atoms. The maximum absolute atomic E-state index is 13.7. The molecule has 0 aliphatic heterocycles. The molecule has 0 saturated heterocycles. The lowest BCUT2D eigenvalue weighted by Gasteiger charge is -2.24. The van der Waals surface area contributed by atoms with Crippen LogP contribution in [0.5, 0.6) is 0 Å². The smallest absolute Gasteiger partial charge is 0.330 e. The Morgan fingerprint density at radius 3 is 2.55 bits per heavy atom. The van der Waals surface area contributed by atoms with E-state index in [-0.39, 0.29) is 23.6 Å². The van der Waals surface area contributed by atoms with E-state index in [1.54, 1.807) is 14.0 Å². The fourth-order valence-corrected chi connectivity index (χ4v) is 4.83. The van der Waals surface area contributed by atoms with Crippen molar-refractivity contribution in [2.45, 2.75) is 59.4 Å². The van der Waals surface area contributed by atoms with Crippen molar-refractivity contribution < 1.29 is 4.79 Å². The molecular formula is C22H30N6O4S. The SMILES string of the molecule is CCCCCN(C(=O)c1sc2ncn(C)c(=O)c2c1C)c1c(N)n(CCCC)c(=O)[nH]c1=O. The molecule has 0 bridgehead atoms. The van der Waals surface area contributed by atoms with Crippen molar-refractivity contribution in [3.05, 3.63) is 48.0 Å². The molecule has 0 atom stereocenters. The van der Waals surface area contributed by atoms with Crippen molar-refractivity contribution in [3.63, 3.8) is 0 Å². The number of aromatic nitrogens is 4. The van der Waals surface area contributed by atoms with E-state index in [0.717, 1.165) is 30.6 Å². The molecule has 33 heavy (non-hydrogen) atoms. The number of unbranched alkanes of at least 4 members (excludes halogenated alkanes) is 3. The first-order valence-corrected chi connectivity index (χ1v) is 11.9. The fraction of sp³-hybridized carbons (Fsp3) is 0.500. The van der Waals surface area contributed by atoms with Gasteiger partial charge in [0.2, 0.25) is 0 Å². The summed E-state index contributed by atoms with van der Waals surface area (Å²) in [7, 11) is 1.60. The second kappa shape index (κ2) is 10.2. The monoisotopic (exact) mass is 474 g/mol. The van der Waals surface area contributed by atoms with Gasteiger partial charge in [-0.15, -0.1) is 11.3 Å². The summed E-state index contributed by atoms with van der Waals surface area (Å²) >= 11 is 1.11. The Kier molecular flexibility index (Phi) is 7.52. The lowest BCUT2D eigenvalue weighted by molar-refractivity contribution is 0.0989. The summed E-state index contributed by atoms with van der Waals surface area (Å²) in [6.45, 7) is 6.32. The molecule has 0 fully saturated rings. The van der Waals surface area contributed by atoms with Crippen LogP contribution in [-0.4, -0.2) is 31.6 Å². The van der Waals surface area contributed by atoms with Crippen LogP contribution in [0.2, 0.25) is 0 Å². The topological polar surface area (TPSA) is 136 Å². The number of anilines is 2. The zero-order chi connectivity index (χ0) is 24.3. The Hall–Kier alpha value is -3.21. The van der Waals surface area contributed by atoms with Crippen molar-refractivity contribution in [3.8, 4) is 0 Å². The second-order valence-electron chi connectivity index (χ2n) is 8.06. The number of hydrogen-bond acceptors (Lipinski definition) is 7. The number of hydrogen-bond donors (Lipinski definition) is 2. The molecule has 0 unspecified atom stereocenters. The Morgan fingerprint density at radius 2 is 1.88 bits per heavy atom. The minimum Gasteiger partial charge on any atom is -0.383 e. The molecule has 0 radical (unpaired) electrons. The molecule has 3 aromatic rings. The van der Waals surface area contributed by atoms with Crippen LogP contribution in [0.25, 0.3) is 10.2 Å². The van der Waals surface area contributed by atoms with Gasteiger partial charge >= 0.3 is 5.69 Å². The van der Waals surface area contributed by atoms with Gasteiger partial charge in [-0.3, -0.25) is 28.8 Å². The summed E-state index contributed by atoms with van der Waals surface area (Å²) in [6, 6.07) is 0. The van der Waals surface area contributed by atoms with Gasteiger partial charge in [-0.05, 0) is 25.3 Å². The van der Waals surface area contributed by atoms with Crippen molar-refractivity contribution in [2.24, 2.45) is 7.05 Å². The molecule has 3 heterocycles. The van der Waals surface area contributed by atoms with Crippen molar-refractivity contribution >= 4 is 39.0 Å². The Morgan fingerprint density at radius 1 is 1.18 bits per heavy atom. The Labute approximate surface area is 194 Å². The number of carbonyl (C=O) groups excluding carboxylic acids is 1. The van der Waals surface area contributed by atoms with E-state index in [9.17, 15) is 19.2 Å². The van der Waals surface area contributed by atoms with Crippen molar-refractivity contribution in [1.29, 1.82) is 0 Å². The molecule has 1 amide bonds. The van der Waals surface area contributed by atoms with E-state index < -0.39 is 17.2 Å². The van der Waals surface area contributed by atoms with Gasteiger partial charge in [0.1, 0.15) is 10.6 Å². The minimum absolute atomic E-state index is 0.0325. The third-order valence-electron chi connectivity index (χ3n) is 5.65. The summed E-state index contributed by atoms with van der Waals surface area (Å²) in [6.07, 6.45) is 5.38. The number of carbonyl (C=O) groups is 1. The second-order valence-corrected chi connectivity index (χ2v) is 9.06. The van der Waals surface area contributed by atoms with E-state index in [1.807, 2.05) is 13.8 Å². The van der Waals surface area contributed by atoms with Crippen LogP contribution >= 0.6 is 11.3 Å². The molecule has 3 aromatic heterocycles. The van der Waals surface area contributed by atoms with Gasteiger partial charge in [0.15, 0.2) is 5.69 Å². The van der Waals surface area contributed by atoms with Gasteiger partial charge in [0.05, 0.1) is 16.6 Å². The maximum atomic E-state index is 13.7. The van der Waals surface area contributed by atoms with Crippen LogP contribution in [0.3, 0.4) is 0 Å². The molecule has 3 rings (SSSR count). The number of nitrogens with zero attached hydrogens (tertiary/aromatic N) is 4. The van der Waals surface area contributed by atoms with Gasteiger partial charge in [-0.25, -0.2) is 9.78 Å². The van der Waals surface area contributed by atoms with Gasteiger partial charge in [0.25, 0.3) is 17.0 Å². The number of amides is 1. The fourth-order valence-electron chi connectivity index (χ4n) is 3.75. The molecular weight excluding hydrogens is 444 g/mol. The van der Waals surface area contributed by atoms with Crippen LogP contribution in [0.1, 0.15) is 61.2 Å². The molecule has 0 aliphatic carbocycles. The lowest BCUT2D eigenvalue weighted by Crippen LogP contribution is -2.41. The quantitative estimate of drug-likeness (QED) is 0.457. The van der Waals surface area contributed by atoms with E-state index in [0.29, 0.717) is 40.0 Å². The highest BCUT2D eigenvalue weighted by Gasteiger charge is 2.28. The Balaban J connectivity index is 2.18. The first-order valence-electron chi connectivity index (χ1n) is 11.1. The molecule has 3 N–H and O–H groups in total. The van der Waals surface area contributed by atoms with E-state index in [1.165, 1.54) is 20.4 Å². The lowest BCUT2D eigenvalue weighted by atomic mass is 10.1. The highest BCUT2D eigenvalue weighted by molar-refractivity contribution is 7.20. The minimum atomic E-state index is -0.706. The summed E-state index contributed by atoms with van der Waals surface area (Å²) < 4.78 is 2.66. The third kappa shape index (κ3) is 4.63. The number of rotatable bonds is 9. The van der Waals surface area contributed by atoms with Crippen LogP contribution < -0.4 is 27.4 Å². The zero-order valence-corrected chi connectivity index (χ0v) is 20.3. The molecule has 10 nitrogen and oxygen atoms in total. The number of nitrogens with one attached hydrogen (secondary N) is 1. The number of thiophene rings is 1. The van der Waals surface area contributed by atoms with Gasteiger partial charge < -0.3 is 10.3 Å². The summed E-state index contributed by atoms with van der Waals surface area (Å²) in [4.78, 5) is 60.3. The molecule has 0 aliphatic rings. The normalized spacial score (nSPS) is 11.3. The molecule has 178 valence electrons. The zero-order valence-electron chi connectivity index (χ0n) is 19.4. The standard InChI is InChI=1S/C22H30N6O4S/c1-5-7-9-11-27(15-17(23)28(10-8-6-2)22(32)25-18(15)29)21(31)16-13(3)14-19(33-16)24-12-26(4)20(14)30/h12H,5-11,23H2,1-4H3,(H,25,29,32). The summed E-state index contributed by atoms with van der Waals surface area (Å²) in [5.41, 5.74) is 5.23. The van der Waals surface area contributed by atoms with E-state index in [4.69, 9.17) is 5.73 Å². The molecule has 0 aromatic carbocycles. The first kappa shape index (κ1) is 24.4. The van der Waals surface area contributed by atoms with Crippen molar-refractivity contribution in [2.75, 3.05) is 17.2 Å². The summed E-state index contributed by atoms with van der Waals surface area (Å²) in [5, 5.41) is 0.386. The van der Waals surface area contributed by atoms with Crippen LogP contribution in [0.4, 0.5) is 11.5 Å². The number of fused-ring (bicyclic) bond motifs is 1. The third-order valence-corrected chi connectivity index (χ3v) is 6.84. The van der Waals surface area contributed by atoms with Gasteiger partial charge in [0, 0.05) is 20.1 Å². The number of nitrogen functional groups attached to an aromatic ring is 1. The predicted molar refractivity (Wildman–Crippen MR) is 131 cm³/mol. The van der Waals surface area contributed by atoms with Gasteiger partial charge in [-0.2, -0.15) is 0 Å². The largest absolute Gasteiger partial charge is 0.383 e. The number of aromatic amines is 1.